The van der Waals surface area contributed by atoms with E-state index in [0.717, 1.165) is 17.8 Å². The molecule has 20 heavy (non-hydrogen) atoms. The summed E-state index contributed by atoms with van der Waals surface area (Å²) < 4.78 is 0. The van der Waals surface area contributed by atoms with E-state index in [4.69, 9.17) is 5.26 Å². The van der Waals surface area contributed by atoms with Crippen molar-refractivity contribution >= 4 is 6.21 Å². The molecule has 2 nitrogen and oxygen atoms in total. The van der Waals surface area contributed by atoms with Crippen molar-refractivity contribution < 1.29 is 0 Å². The summed E-state index contributed by atoms with van der Waals surface area (Å²) in [5.41, 5.74) is 1.98. The molecule has 0 N–H and O–H groups in total. The summed E-state index contributed by atoms with van der Waals surface area (Å²) in [6, 6.07) is 2.12. The van der Waals surface area contributed by atoms with Crippen LogP contribution in [0.2, 0.25) is 0 Å². The van der Waals surface area contributed by atoms with E-state index in [-0.39, 0.29) is 0 Å². The topological polar surface area (TPSA) is 36.1 Å². The number of rotatable bonds is 3. The monoisotopic (exact) mass is 268 g/mol. The SMILES string of the molecule is C=C(/C=N\C(C#N)=C/C)C12CCCC3CC(CC1C3)C2. The Morgan fingerprint density at radius 1 is 1.35 bits per heavy atom. The molecule has 0 amide bonds. The van der Waals surface area contributed by atoms with Crippen molar-refractivity contribution in [2.75, 3.05) is 0 Å². The average molecular weight is 268 g/mol. The third-order valence-electron chi connectivity index (χ3n) is 5.96. The predicted octanol–water partition coefficient (Wildman–Crippen LogP) is 4.65. The first-order valence-electron chi connectivity index (χ1n) is 7.98. The van der Waals surface area contributed by atoms with Crippen LogP contribution in [0.25, 0.3) is 0 Å². The zero-order chi connectivity index (χ0) is 14.2. The fraction of sp³-hybridized carbons (Fsp3) is 0.667. The summed E-state index contributed by atoms with van der Waals surface area (Å²) in [6.45, 7) is 6.22. The lowest BCUT2D eigenvalue weighted by molar-refractivity contribution is 0.227. The van der Waals surface area contributed by atoms with E-state index in [9.17, 15) is 0 Å². The molecule has 4 atom stereocenters. The van der Waals surface area contributed by atoms with Gasteiger partial charge in [0, 0.05) is 6.21 Å². The molecule has 3 rings (SSSR count). The van der Waals surface area contributed by atoms with Gasteiger partial charge in [0.25, 0.3) is 0 Å². The fourth-order valence-electron chi connectivity index (χ4n) is 5.11. The molecule has 3 aliphatic rings. The predicted molar refractivity (Wildman–Crippen MR) is 82.2 cm³/mol. The molecule has 3 saturated carbocycles. The molecule has 0 heterocycles. The Balaban J connectivity index is 1.84. The third-order valence-corrected chi connectivity index (χ3v) is 5.96. The lowest BCUT2D eigenvalue weighted by Gasteiger charge is -2.35. The van der Waals surface area contributed by atoms with E-state index in [2.05, 4.69) is 17.6 Å². The zero-order valence-corrected chi connectivity index (χ0v) is 12.4. The standard InChI is InChI=1S/C18H24N2/c1-3-17(11-19)20-12-13(2)18-6-4-5-14-7-15(10-18)9-16(18)8-14/h3,12,14-16H,2,4-10H2,1H3/b17-3-,20-12-. The minimum atomic E-state index is 0.299. The smallest absolute Gasteiger partial charge is 0.136 e. The summed E-state index contributed by atoms with van der Waals surface area (Å²) >= 11 is 0. The quantitative estimate of drug-likeness (QED) is 0.542. The maximum atomic E-state index is 8.97. The van der Waals surface area contributed by atoms with Crippen molar-refractivity contribution in [3.63, 3.8) is 0 Å². The molecule has 106 valence electrons. The summed E-state index contributed by atoms with van der Waals surface area (Å²) in [6.07, 6.45) is 13.3. The van der Waals surface area contributed by atoms with Crippen LogP contribution >= 0.6 is 0 Å². The molecule has 0 aromatic heterocycles. The second-order valence-corrected chi connectivity index (χ2v) is 6.96. The molecule has 0 spiro atoms. The minimum Gasteiger partial charge on any atom is -0.246 e. The number of hydrogen-bond acceptors (Lipinski definition) is 2. The molecule has 0 aromatic carbocycles. The van der Waals surface area contributed by atoms with Crippen LogP contribution in [-0.2, 0) is 0 Å². The Bertz CT molecular complexity index is 508. The van der Waals surface area contributed by atoms with Gasteiger partial charge in [-0.05, 0) is 67.8 Å². The molecule has 0 aromatic rings. The van der Waals surface area contributed by atoms with Crippen LogP contribution in [-0.4, -0.2) is 6.21 Å². The van der Waals surface area contributed by atoms with E-state index >= 15 is 0 Å². The van der Waals surface area contributed by atoms with Crippen LogP contribution in [0, 0.1) is 34.5 Å². The lowest BCUT2D eigenvalue weighted by atomic mass is 9.69. The van der Waals surface area contributed by atoms with Crippen LogP contribution in [0.5, 0.6) is 0 Å². The van der Waals surface area contributed by atoms with Crippen LogP contribution in [0.1, 0.15) is 51.9 Å². The molecule has 3 fully saturated rings. The molecule has 0 aliphatic heterocycles. The van der Waals surface area contributed by atoms with Gasteiger partial charge in [0.15, 0.2) is 0 Å². The molecule has 2 heteroatoms. The van der Waals surface area contributed by atoms with Crippen molar-refractivity contribution in [1.29, 1.82) is 5.26 Å². The number of allylic oxidation sites excluding steroid dienone is 3. The summed E-state index contributed by atoms with van der Waals surface area (Å²) in [7, 11) is 0. The fourth-order valence-corrected chi connectivity index (χ4v) is 5.11. The highest BCUT2D eigenvalue weighted by Gasteiger charge is 2.52. The van der Waals surface area contributed by atoms with Crippen molar-refractivity contribution in [3.8, 4) is 6.07 Å². The van der Waals surface area contributed by atoms with Crippen molar-refractivity contribution in [2.45, 2.75) is 51.9 Å². The molecule has 3 bridgehead atoms. The number of hydrogen-bond donors (Lipinski definition) is 0. The molecule has 0 saturated heterocycles. The van der Waals surface area contributed by atoms with Gasteiger partial charge in [-0.1, -0.05) is 25.5 Å². The van der Waals surface area contributed by atoms with Crippen LogP contribution < -0.4 is 0 Å². The Hall–Kier alpha value is -1.36. The first-order valence-corrected chi connectivity index (χ1v) is 7.98. The lowest BCUT2D eigenvalue weighted by Crippen LogP contribution is -2.27. The van der Waals surface area contributed by atoms with Gasteiger partial charge >= 0.3 is 0 Å². The highest BCUT2D eigenvalue weighted by molar-refractivity contribution is 5.81. The molecule has 3 aliphatic carbocycles. The summed E-state index contributed by atoms with van der Waals surface area (Å²) in [5, 5.41) is 8.97. The van der Waals surface area contributed by atoms with Crippen molar-refractivity contribution in [2.24, 2.45) is 28.2 Å². The van der Waals surface area contributed by atoms with Crippen LogP contribution in [0.3, 0.4) is 0 Å². The van der Waals surface area contributed by atoms with Crippen molar-refractivity contribution in [1.82, 2.24) is 0 Å². The molecule has 4 unspecified atom stereocenters. The number of aliphatic imine (C=N–C) groups is 1. The largest absolute Gasteiger partial charge is 0.246 e. The van der Waals surface area contributed by atoms with E-state index < -0.39 is 0 Å². The Kier molecular flexibility index (Phi) is 3.54. The number of nitriles is 1. The minimum absolute atomic E-state index is 0.299. The zero-order valence-electron chi connectivity index (χ0n) is 12.4. The second-order valence-electron chi connectivity index (χ2n) is 6.96. The van der Waals surface area contributed by atoms with Gasteiger partial charge in [0.1, 0.15) is 11.8 Å². The number of nitrogens with zero attached hydrogens (tertiary/aromatic N) is 2. The average Bonchev–Trinajstić information content (AvgIpc) is 2.63. The van der Waals surface area contributed by atoms with E-state index in [1.54, 1.807) is 6.08 Å². The Labute approximate surface area is 122 Å². The van der Waals surface area contributed by atoms with Gasteiger partial charge in [0.05, 0.1) is 0 Å². The molecular weight excluding hydrogens is 244 g/mol. The molecule has 0 radical (unpaired) electrons. The van der Waals surface area contributed by atoms with Gasteiger partial charge in [-0.25, -0.2) is 4.99 Å². The second kappa shape index (κ2) is 5.20. The van der Waals surface area contributed by atoms with Gasteiger partial charge < -0.3 is 0 Å². The first kappa shape index (κ1) is 13.6. The number of fused-ring (bicyclic) bond motifs is 2. The van der Waals surface area contributed by atoms with Gasteiger partial charge in [0.2, 0.25) is 0 Å². The van der Waals surface area contributed by atoms with E-state index in [1.165, 1.54) is 50.5 Å². The van der Waals surface area contributed by atoms with Crippen LogP contribution in [0.15, 0.2) is 28.9 Å². The highest BCUT2D eigenvalue weighted by Crippen LogP contribution is 2.62. The summed E-state index contributed by atoms with van der Waals surface area (Å²) in [5.74, 6) is 2.71. The van der Waals surface area contributed by atoms with Crippen LogP contribution in [0.4, 0.5) is 0 Å². The van der Waals surface area contributed by atoms with Crippen molar-refractivity contribution in [3.05, 3.63) is 23.9 Å². The van der Waals surface area contributed by atoms with E-state index in [0.29, 0.717) is 11.1 Å². The molecular formula is C18H24N2. The van der Waals surface area contributed by atoms with E-state index in [1.807, 2.05) is 13.1 Å². The Morgan fingerprint density at radius 2 is 2.15 bits per heavy atom. The Morgan fingerprint density at radius 3 is 2.90 bits per heavy atom. The van der Waals surface area contributed by atoms with Gasteiger partial charge in [-0.3, -0.25) is 0 Å². The summed E-state index contributed by atoms with van der Waals surface area (Å²) in [4.78, 5) is 4.34. The maximum Gasteiger partial charge on any atom is 0.136 e. The van der Waals surface area contributed by atoms with Gasteiger partial charge in [-0.15, -0.1) is 0 Å². The third kappa shape index (κ3) is 2.14. The first-order chi connectivity index (χ1) is 9.68. The van der Waals surface area contributed by atoms with Gasteiger partial charge in [-0.2, -0.15) is 5.26 Å². The normalized spacial score (nSPS) is 39.8. The highest BCUT2D eigenvalue weighted by atomic mass is 14.7. The maximum absolute atomic E-state index is 8.97.